The highest BCUT2D eigenvalue weighted by atomic mass is 19.4. The Morgan fingerprint density at radius 1 is 1.39 bits per heavy atom. The van der Waals surface area contributed by atoms with E-state index in [0.29, 0.717) is 24.8 Å². The maximum atomic E-state index is 12.8. The number of carbonyl (C=O) groups is 2. The summed E-state index contributed by atoms with van der Waals surface area (Å²) in [7, 11) is 1.40. The van der Waals surface area contributed by atoms with E-state index in [0.717, 1.165) is 4.90 Å². The normalized spacial score (nSPS) is 34.8. The lowest BCUT2D eigenvalue weighted by Gasteiger charge is -2.48. The van der Waals surface area contributed by atoms with E-state index in [1.54, 1.807) is 0 Å². The third-order valence-electron chi connectivity index (χ3n) is 5.01. The number of hydrogen-bond acceptors (Lipinski definition) is 4. The van der Waals surface area contributed by atoms with Crippen molar-refractivity contribution in [2.75, 3.05) is 7.11 Å². The fourth-order valence-electron chi connectivity index (χ4n) is 4.11. The van der Waals surface area contributed by atoms with Crippen LogP contribution in [0.15, 0.2) is 11.3 Å². The van der Waals surface area contributed by atoms with Crippen LogP contribution in [0.1, 0.15) is 19.3 Å². The highest BCUT2D eigenvalue weighted by Crippen LogP contribution is 2.53. The topological polar surface area (TPSA) is 87.1 Å². The van der Waals surface area contributed by atoms with Crippen molar-refractivity contribution in [3.63, 3.8) is 0 Å². The smallest absolute Gasteiger partial charge is 0.415 e. The van der Waals surface area contributed by atoms with Gasteiger partial charge in [0.2, 0.25) is 5.91 Å². The predicted octanol–water partition coefficient (Wildman–Crippen LogP) is 0.904. The van der Waals surface area contributed by atoms with Crippen molar-refractivity contribution in [3.05, 3.63) is 11.3 Å². The van der Waals surface area contributed by atoms with Gasteiger partial charge in [0.1, 0.15) is 5.70 Å². The molecular formula is C14H16F3NO5. The fraction of sp³-hybridized carbons (Fsp3) is 0.714. The summed E-state index contributed by atoms with van der Waals surface area (Å²) in [6.07, 6.45) is -6.54. The van der Waals surface area contributed by atoms with Crippen LogP contribution in [0.5, 0.6) is 0 Å². The average molecular weight is 335 g/mol. The van der Waals surface area contributed by atoms with Crippen molar-refractivity contribution < 1.29 is 37.7 Å². The summed E-state index contributed by atoms with van der Waals surface area (Å²) in [4.78, 5) is 24.5. The lowest BCUT2D eigenvalue weighted by Crippen LogP contribution is -2.66. The van der Waals surface area contributed by atoms with Gasteiger partial charge in [-0.2, -0.15) is 13.2 Å². The molecule has 2 N–H and O–H groups in total. The van der Waals surface area contributed by atoms with Gasteiger partial charge in [0, 0.05) is 13.0 Å². The van der Waals surface area contributed by atoms with Gasteiger partial charge in [0.15, 0.2) is 6.10 Å². The molecule has 9 heteroatoms. The van der Waals surface area contributed by atoms with Crippen molar-refractivity contribution in [2.45, 2.75) is 43.7 Å². The van der Waals surface area contributed by atoms with E-state index in [1.165, 1.54) is 7.11 Å². The summed E-state index contributed by atoms with van der Waals surface area (Å²) in [5.74, 6) is -4.51. The second-order valence-electron chi connectivity index (χ2n) is 6.08. The molecule has 0 aromatic heterocycles. The van der Waals surface area contributed by atoms with E-state index in [2.05, 4.69) is 0 Å². The summed E-state index contributed by atoms with van der Waals surface area (Å²) in [6.45, 7) is 0. The van der Waals surface area contributed by atoms with Crippen LogP contribution >= 0.6 is 0 Å². The number of aliphatic hydroxyl groups is 1. The van der Waals surface area contributed by atoms with Crippen LogP contribution in [0.2, 0.25) is 0 Å². The van der Waals surface area contributed by atoms with Crippen LogP contribution < -0.4 is 0 Å². The molecule has 3 aliphatic rings. The SMILES string of the molecule is CO[C@H]1CCC[C@H]2C1=C(C(=O)O)N1C(=O)[C@H]([C@H](O)C(F)(F)F)[C@@H]21. The Morgan fingerprint density at radius 3 is 2.57 bits per heavy atom. The van der Waals surface area contributed by atoms with Crippen LogP contribution in [0, 0.1) is 11.8 Å². The number of rotatable bonds is 3. The highest BCUT2D eigenvalue weighted by Gasteiger charge is 2.66. The molecule has 0 aromatic carbocycles. The molecule has 1 saturated carbocycles. The molecule has 0 bridgehead atoms. The van der Waals surface area contributed by atoms with E-state index >= 15 is 0 Å². The Labute approximate surface area is 129 Å². The molecule has 3 rings (SSSR count). The predicted molar refractivity (Wildman–Crippen MR) is 69.0 cm³/mol. The minimum atomic E-state index is -4.92. The largest absolute Gasteiger partial charge is 0.477 e. The van der Waals surface area contributed by atoms with Crippen LogP contribution in [0.3, 0.4) is 0 Å². The molecule has 2 heterocycles. The highest BCUT2D eigenvalue weighted by molar-refractivity contribution is 6.00. The van der Waals surface area contributed by atoms with Crippen molar-refractivity contribution in [1.29, 1.82) is 0 Å². The minimum Gasteiger partial charge on any atom is -0.477 e. The first kappa shape index (κ1) is 16.3. The molecular weight excluding hydrogens is 319 g/mol. The molecule has 2 aliphatic heterocycles. The first-order valence-electron chi connectivity index (χ1n) is 7.28. The molecule has 1 amide bonds. The molecule has 1 aliphatic carbocycles. The number of aliphatic carboxylic acids is 1. The van der Waals surface area contributed by atoms with E-state index in [-0.39, 0.29) is 5.70 Å². The van der Waals surface area contributed by atoms with E-state index in [1.807, 2.05) is 0 Å². The van der Waals surface area contributed by atoms with Gasteiger partial charge in [-0.05, 0) is 24.8 Å². The van der Waals surface area contributed by atoms with Crippen molar-refractivity contribution >= 4 is 11.9 Å². The molecule has 0 unspecified atom stereocenters. The standard InChI is InChI=1S/C14H16F3NO5/c1-23-6-4-2-3-5-7(6)10(13(21)22)18-9(5)8(12(18)20)11(19)14(15,16)17/h5-6,8-9,11,19H,2-4H2,1H3,(H,21,22)/t5-,6-,8-,9+,11-/m0/s1. The summed E-state index contributed by atoms with van der Waals surface area (Å²) < 4.78 is 43.7. The van der Waals surface area contributed by atoms with Gasteiger partial charge in [0.25, 0.3) is 0 Å². The monoisotopic (exact) mass is 335 g/mol. The minimum absolute atomic E-state index is 0.276. The van der Waals surface area contributed by atoms with Gasteiger partial charge in [-0.3, -0.25) is 4.79 Å². The maximum absolute atomic E-state index is 12.8. The Morgan fingerprint density at radius 2 is 2.04 bits per heavy atom. The lowest BCUT2D eigenvalue weighted by atomic mass is 9.71. The molecule has 2 fully saturated rings. The van der Waals surface area contributed by atoms with E-state index in [9.17, 15) is 33.0 Å². The third kappa shape index (κ3) is 2.17. The number of amides is 1. The zero-order chi connectivity index (χ0) is 17.1. The van der Waals surface area contributed by atoms with E-state index < -0.39 is 48.1 Å². The van der Waals surface area contributed by atoms with Gasteiger partial charge in [-0.25, -0.2) is 4.79 Å². The van der Waals surface area contributed by atoms with Gasteiger partial charge in [-0.1, -0.05) is 0 Å². The van der Waals surface area contributed by atoms with Crippen LogP contribution in [0.4, 0.5) is 13.2 Å². The number of hydrogen-bond donors (Lipinski definition) is 2. The number of carboxylic acid groups (broad SMARTS) is 1. The molecule has 128 valence electrons. The first-order valence-corrected chi connectivity index (χ1v) is 7.28. The number of fused-ring (bicyclic) bond motifs is 3. The number of β-lactam (4-membered cyclic amide) rings is 1. The summed E-state index contributed by atoms with van der Waals surface area (Å²) in [5, 5.41) is 18.9. The number of nitrogens with zero attached hydrogens (tertiary/aromatic N) is 1. The zero-order valence-corrected chi connectivity index (χ0v) is 12.2. The maximum Gasteiger partial charge on any atom is 0.415 e. The van der Waals surface area contributed by atoms with Gasteiger partial charge >= 0.3 is 12.1 Å². The Bertz CT molecular complexity index is 587. The number of aliphatic hydroxyl groups excluding tert-OH is 1. The van der Waals surface area contributed by atoms with E-state index in [4.69, 9.17) is 4.74 Å². The molecule has 23 heavy (non-hydrogen) atoms. The van der Waals surface area contributed by atoms with Crippen molar-refractivity contribution in [3.8, 4) is 0 Å². The quantitative estimate of drug-likeness (QED) is 0.749. The second kappa shape index (κ2) is 5.20. The Balaban J connectivity index is 2.00. The van der Waals surface area contributed by atoms with Crippen LogP contribution in [-0.4, -0.2) is 58.5 Å². The molecule has 0 spiro atoms. The summed E-state index contributed by atoms with van der Waals surface area (Å²) >= 11 is 0. The zero-order valence-electron chi connectivity index (χ0n) is 12.2. The molecule has 0 aromatic rings. The molecule has 6 nitrogen and oxygen atoms in total. The van der Waals surface area contributed by atoms with Crippen LogP contribution in [0.25, 0.3) is 0 Å². The Hall–Kier alpha value is -1.61. The number of ether oxygens (including phenoxy) is 1. The third-order valence-corrected chi connectivity index (χ3v) is 5.01. The summed E-state index contributed by atoms with van der Waals surface area (Å²) in [5.41, 5.74) is 0.101. The molecule has 0 radical (unpaired) electrons. The number of methoxy groups -OCH3 is 1. The van der Waals surface area contributed by atoms with Crippen molar-refractivity contribution in [2.24, 2.45) is 11.8 Å². The fourth-order valence-corrected chi connectivity index (χ4v) is 4.11. The molecule has 1 saturated heterocycles. The molecule has 5 atom stereocenters. The Kier molecular flexibility index (Phi) is 3.68. The van der Waals surface area contributed by atoms with Crippen molar-refractivity contribution in [1.82, 2.24) is 4.90 Å². The van der Waals surface area contributed by atoms with Gasteiger partial charge < -0.3 is 19.8 Å². The first-order chi connectivity index (χ1) is 10.7. The number of carboxylic acids is 1. The number of halogens is 3. The van der Waals surface area contributed by atoms with Gasteiger partial charge in [0.05, 0.1) is 18.1 Å². The lowest BCUT2D eigenvalue weighted by molar-refractivity contribution is -0.238. The number of carbonyl (C=O) groups excluding carboxylic acids is 1. The van der Waals surface area contributed by atoms with Gasteiger partial charge in [-0.15, -0.1) is 0 Å². The number of alkyl halides is 3. The summed E-state index contributed by atoms with van der Waals surface area (Å²) in [6, 6.07) is -0.960. The van der Waals surface area contributed by atoms with Crippen LogP contribution in [-0.2, 0) is 14.3 Å². The average Bonchev–Trinajstić information content (AvgIpc) is 2.77. The second-order valence-corrected chi connectivity index (χ2v) is 6.08.